The fraction of sp³-hybridized carbons (Fsp3) is 0.692. The van der Waals surface area contributed by atoms with Gasteiger partial charge < -0.3 is 15.2 Å². The second-order valence-corrected chi connectivity index (χ2v) is 7.24. The standard InChI is InChI=1S/C13H20BrNO2S/c1-9(15)13(11-5-6-12(14)18-11)17-8-10-4-2-3-7-16-10/h5-6,9-10,13H,2-4,7-8,15H2,1H3. The summed E-state index contributed by atoms with van der Waals surface area (Å²) in [6.07, 6.45) is 3.71. The van der Waals surface area contributed by atoms with E-state index in [4.69, 9.17) is 15.2 Å². The molecule has 1 aliphatic rings. The highest BCUT2D eigenvalue weighted by Gasteiger charge is 2.22. The van der Waals surface area contributed by atoms with Gasteiger partial charge in [0.05, 0.1) is 16.5 Å². The lowest BCUT2D eigenvalue weighted by Crippen LogP contribution is -2.31. The van der Waals surface area contributed by atoms with Crippen LogP contribution in [0.2, 0.25) is 0 Å². The van der Waals surface area contributed by atoms with Gasteiger partial charge in [-0.15, -0.1) is 11.3 Å². The summed E-state index contributed by atoms with van der Waals surface area (Å²) in [5.41, 5.74) is 6.02. The van der Waals surface area contributed by atoms with Crippen LogP contribution in [0.3, 0.4) is 0 Å². The molecule has 0 saturated carbocycles. The first kappa shape index (κ1) is 14.5. The van der Waals surface area contributed by atoms with Gasteiger partial charge in [-0.25, -0.2) is 0 Å². The minimum atomic E-state index is -0.0353. The Morgan fingerprint density at radius 3 is 2.94 bits per heavy atom. The summed E-state index contributed by atoms with van der Waals surface area (Å²) in [4.78, 5) is 1.17. The lowest BCUT2D eigenvalue weighted by molar-refractivity contribution is -0.0672. The van der Waals surface area contributed by atoms with E-state index in [2.05, 4.69) is 22.0 Å². The third kappa shape index (κ3) is 4.03. The third-order valence-electron chi connectivity index (χ3n) is 3.09. The van der Waals surface area contributed by atoms with Gasteiger partial charge in [0.1, 0.15) is 6.10 Å². The summed E-state index contributed by atoms with van der Waals surface area (Å²) < 4.78 is 12.8. The molecule has 0 spiro atoms. The van der Waals surface area contributed by atoms with E-state index < -0.39 is 0 Å². The Kier molecular flexibility index (Phi) is 5.63. The highest BCUT2D eigenvalue weighted by Crippen LogP contribution is 2.31. The zero-order valence-corrected chi connectivity index (χ0v) is 13.0. The Morgan fingerprint density at radius 1 is 1.56 bits per heavy atom. The van der Waals surface area contributed by atoms with E-state index >= 15 is 0 Å². The zero-order valence-electron chi connectivity index (χ0n) is 10.6. The van der Waals surface area contributed by atoms with Crippen LogP contribution in [0.25, 0.3) is 0 Å². The number of ether oxygens (including phenoxy) is 2. The molecule has 102 valence electrons. The second-order valence-electron chi connectivity index (χ2n) is 4.74. The molecule has 18 heavy (non-hydrogen) atoms. The lowest BCUT2D eigenvalue weighted by atomic mass is 10.1. The van der Waals surface area contributed by atoms with Crippen LogP contribution < -0.4 is 5.73 Å². The molecule has 1 saturated heterocycles. The summed E-state index contributed by atoms with van der Waals surface area (Å²) >= 11 is 5.16. The summed E-state index contributed by atoms with van der Waals surface area (Å²) in [6, 6.07) is 4.10. The van der Waals surface area contributed by atoms with E-state index in [0.29, 0.717) is 6.61 Å². The first-order valence-electron chi connectivity index (χ1n) is 6.41. The maximum atomic E-state index is 6.02. The molecular weight excluding hydrogens is 314 g/mol. The van der Waals surface area contributed by atoms with Crippen molar-refractivity contribution in [2.24, 2.45) is 5.73 Å². The molecule has 3 atom stereocenters. The van der Waals surface area contributed by atoms with E-state index in [-0.39, 0.29) is 18.2 Å². The van der Waals surface area contributed by atoms with Crippen LogP contribution in [-0.2, 0) is 9.47 Å². The topological polar surface area (TPSA) is 44.5 Å². The van der Waals surface area contributed by atoms with Crippen LogP contribution in [-0.4, -0.2) is 25.4 Å². The van der Waals surface area contributed by atoms with Crippen LogP contribution >= 0.6 is 27.3 Å². The summed E-state index contributed by atoms with van der Waals surface area (Å²) in [6.45, 7) is 3.49. The van der Waals surface area contributed by atoms with E-state index in [1.807, 2.05) is 13.0 Å². The highest BCUT2D eigenvalue weighted by atomic mass is 79.9. The molecule has 3 nitrogen and oxygen atoms in total. The molecule has 0 amide bonds. The molecule has 1 aliphatic heterocycles. The van der Waals surface area contributed by atoms with Crippen LogP contribution in [0.5, 0.6) is 0 Å². The van der Waals surface area contributed by atoms with Gasteiger partial charge in [-0.3, -0.25) is 0 Å². The molecule has 0 bridgehead atoms. The molecule has 1 aromatic heterocycles. The van der Waals surface area contributed by atoms with E-state index in [1.165, 1.54) is 17.7 Å². The van der Waals surface area contributed by atoms with Gasteiger partial charge in [-0.2, -0.15) is 0 Å². The number of hydrogen-bond acceptors (Lipinski definition) is 4. The average molecular weight is 334 g/mol. The first-order valence-corrected chi connectivity index (χ1v) is 8.02. The maximum absolute atomic E-state index is 6.02. The molecule has 0 aliphatic carbocycles. The Morgan fingerprint density at radius 2 is 2.39 bits per heavy atom. The molecule has 3 unspecified atom stereocenters. The van der Waals surface area contributed by atoms with Crippen molar-refractivity contribution in [3.8, 4) is 0 Å². The lowest BCUT2D eigenvalue weighted by Gasteiger charge is -2.26. The summed E-state index contributed by atoms with van der Waals surface area (Å²) in [5.74, 6) is 0. The van der Waals surface area contributed by atoms with Gasteiger partial charge in [0.25, 0.3) is 0 Å². The van der Waals surface area contributed by atoms with Crippen LogP contribution in [0, 0.1) is 0 Å². The predicted molar refractivity (Wildman–Crippen MR) is 78.0 cm³/mol. The van der Waals surface area contributed by atoms with E-state index in [9.17, 15) is 0 Å². The van der Waals surface area contributed by atoms with Crippen molar-refractivity contribution in [2.75, 3.05) is 13.2 Å². The molecule has 0 radical (unpaired) electrons. The predicted octanol–water partition coefficient (Wildman–Crippen LogP) is 3.48. The Balaban J connectivity index is 1.90. The average Bonchev–Trinajstić information content (AvgIpc) is 2.77. The monoisotopic (exact) mass is 333 g/mol. The van der Waals surface area contributed by atoms with Gasteiger partial charge >= 0.3 is 0 Å². The van der Waals surface area contributed by atoms with E-state index in [1.54, 1.807) is 11.3 Å². The third-order valence-corrected chi connectivity index (χ3v) is 4.77. The summed E-state index contributed by atoms with van der Waals surface area (Å²) in [5, 5.41) is 0. The SMILES string of the molecule is CC(N)C(OCC1CCCCO1)c1ccc(Br)s1. The van der Waals surface area contributed by atoms with Crippen molar-refractivity contribution in [1.82, 2.24) is 0 Å². The van der Waals surface area contributed by atoms with Crippen LogP contribution in [0.4, 0.5) is 0 Å². The molecule has 2 rings (SSSR count). The van der Waals surface area contributed by atoms with Crippen molar-refractivity contribution in [1.29, 1.82) is 0 Å². The normalized spacial score (nSPS) is 23.8. The number of rotatable bonds is 5. The van der Waals surface area contributed by atoms with Gasteiger partial charge in [-0.05, 0) is 54.2 Å². The number of thiophene rings is 1. The Labute approximate surface area is 121 Å². The van der Waals surface area contributed by atoms with Crippen molar-refractivity contribution in [3.63, 3.8) is 0 Å². The molecule has 2 N–H and O–H groups in total. The highest BCUT2D eigenvalue weighted by molar-refractivity contribution is 9.11. The number of nitrogens with two attached hydrogens (primary N) is 1. The van der Waals surface area contributed by atoms with Crippen molar-refractivity contribution in [3.05, 3.63) is 20.8 Å². The minimum absolute atomic E-state index is 0.0147. The van der Waals surface area contributed by atoms with Crippen molar-refractivity contribution >= 4 is 27.3 Å². The summed E-state index contributed by atoms with van der Waals surface area (Å²) in [7, 11) is 0. The number of hydrogen-bond donors (Lipinski definition) is 1. The largest absolute Gasteiger partial charge is 0.376 e. The first-order chi connectivity index (χ1) is 8.66. The molecule has 2 heterocycles. The molecule has 5 heteroatoms. The van der Waals surface area contributed by atoms with Crippen LogP contribution in [0.1, 0.15) is 37.2 Å². The Bertz CT molecular complexity index is 364. The quantitative estimate of drug-likeness (QED) is 0.897. The van der Waals surface area contributed by atoms with Gasteiger partial charge in [0, 0.05) is 17.5 Å². The Hall–Kier alpha value is 0.0600. The van der Waals surface area contributed by atoms with Gasteiger partial charge in [0.15, 0.2) is 0 Å². The maximum Gasteiger partial charge on any atom is 0.107 e. The smallest absolute Gasteiger partial charge is 0.107 e. The molecular formula is C13H20BrNO2S. The minimum Gasteiger partial charge on any atom is -0.376 e. The van der Waals surface area contributed by atoms with Crippen LogP contribution in [0.15, 0.2) is 15.9 Å². The van der Waals surface area contributed by atoms with Gasteiger partial charge in [-0.1, -0.05) is 0 Å². The fourth-order valence-electron chi connectivity index (χ4n) is 2.12. The zero-order chi connectivity index (χ0) is 13.0. The second kappa shape index (κ2) is 7.01. The van der Waals surface area contributed by atoms with Gasteiger partial charge in [0.2, 0.25) is 0 Å². The van der Waals surface area contributed by atoms with Crippen molar-refractivity contribution in [2.45, 2.75) is 44.4 Å². The molecule has 1 fully saturated rings. The fourth-order valence-corrected chi connectivity index (χ4v) is 3.71. The molecule has 1 aromatic rings. The number of halogens is 1. The van der Waals surface area contributed by atoms with E-state index in [0.717, 1.165) is 16.8 Å². The van der Waals surface area contributed by atoms with Crippen molar-refractivity contribution < 1.29 is 9.47 Å². The molecule has 0 aromatic carbocycles.